The summed E-state index contributed by atoms with van der Waals surface area (Å²) in [5, 5.41) is 10.5. The number of hydrogen-bond donors (Lipinski definition) is 3. The SMILES string of the molecule is C=CC(=O)NCC(C)(C)S(=O)(=O)O.CN(C)CCO. The van der Waals surface area contributed by atoms with Gasteiger partial charge in [-0.3, -0.25) is 9.35 Å². The van der Waals surface area contributed by atoms with Crippen molar-refractivity contribution in [3.8, 4) is 0 Å². The molecule has 19 heavy (non-hydrogen) atoms. The Hall–Kier alpha value is -0.960. The molecule has 0 saturated carbocycles. The molecular weight excluding hydrogens is 272 g/mol. The Bertz CT molecular complexity index is 377. The van der Waals surface area contributed by atoms with Crippen molar-refractivity contribution in [2.24, 2.45) is 0 Å². The number of hydrogen-bond acceptors (Lipinski definition) is 5. The third-order valence-corrected chi connectivity index (χ3v) is 3.66. The van der Waals surface area contributed by atoms with Gasteiger partial charge in [-0.15, -0.1) is 0 Å². The Morgan fingerprint density at radius 2 is 1.89 bits per heavy atom. The van der Waals surface area contributed by atoms with Crippen molar-refractivity contribution in [2.75, 3.05) is 33.8 Å². The molecule has 0 aromatic carbocycles. The fourth-order valence-corrected chi connectivity index (χ4v) is 0.918. The molecule has 0 fully saturated rings. The molecule has 0 aromatic heterocycles. The Balaban J connectivity index is 0. The lowest BCUT2D eigenvalue weighted by molar-refractivity contribution is -0.116. The molecule has 0 rings (SSSR count). The minimum Gasteiger partial charge on any atom is -0.395 e. The van der Waals surface area contributed by atoms with Crippen LogP contribution < -0.4 is 5.32 Å². The summed E-state index contributed by atoms with van der Waals surface area (Å²) in [6.45, 7) is 6.69. The number of nitrogens with one attached hydrogen (secondary N) is 1. The van der Waals surface area contributed by atoms with Gasteiger partial charge in [0.2, 0.25) is 5.91 Å². The number of aliphatic hydroxyl groups excluding tert-OH is 1. The summed E-state index contributed by atoms with van der Waals surface area (Å²) in [4.78, 5) is 12.6. The van der Waals surface area contributed by atoms with Crippen molar-refractivity contribution in [1.82, 2.24) is 10.2 Å². The van der Waals surface area contributed by atoms with Gasteiger partial charge in [-0.2, -0.15) is 8.42 Å². The van der Waals surface area contributed by atoms with Crippen LogP contribution in [-0.4, -0.2) is 67.4 Å². The number of aliphatic hydroxyl groups is 1. The first-order valence-electron chi connectivity index (χ1n) is 5.61. The van der Waals surface area contributed by atoms with Gasteiger partial charge in [-0.25, -0.2) is 0 Å². The number of likely N-dealkylation sites (N-methyl/N-ethyl adjacent to an activating group) is 1. The highest BCUT2D eigenvalue weighted by molar-refractivity contribution is 7.87. The zero-order valence-electron chi connectivity index (χ0n) is 11.9. The smallest absolute Gasteiger partial charge is 0.271 e. The van der Waals surface area contributed by atoms with Crippen LogP contribution in [0.1, 0.15) is 13.8 Å². The van der Waals surface area contributed by atoms with Crippen LogP contribution in [0.5, 0.6) is 0 Å². The first kappa shape index (κ1) is 20.4. The zero-order chi connectivity index (χ0) is 15.7. The molecule has 0 aliphatic heterocycles. The third kappa shape index (κ3) is 10.6. The number of amides is 1. The van der Waals surface area contributed by atoms with Crippen molar-refractivity contribution in [2.45, 2.75) is 18.6 Å². The number of nitrogens with zero attached hydrogens (tertiary/aromatic N) is 1. The molecule has 0 aromatic rings. The van der Waals surface area contributed by atoms with Gasteiger partial charge in [0, 0.05) is 13.1 Å². The van der Waals surface area contributed by atoms with E-state index < -0.39 is 20.8 Å². The minimum absolute atomic E-state index is 0.156. The molecule has 0 aliphatic rings. The second-order valence-electron chi connectivity index (χ2n) is 4.68. The van der Waals surface area contributed by atoms with E-state index in [0.29, 0.717) is 0 Å². The first-order chi connectivity index (χ1) is 8.47. The molecule has 7 nitrogen and oxygen atoms in total. The molecular formula is C11H24N2O5S. The second-order valence-corrected chi connectivity index (χ2v) is 6.74. The maximum absolute atomic E-state index is 10.7. The van der Waals surface area contributed by atoms with E-state index in [0.717, 1.165) is 12.6 Å². The Labute approximate surface area is 115 Å². The molecule has 3 N–H and O–H groups in total. The number of carbonyl (C=O) groups excluding carboxylic acids is 1. The average Bonchev–Trinajstić information content (AvgIpc) is 2.25. The van der Waals surface area contributed by atoms with Gasteiger partial charge < -0.3 is 15.3 Å². The van der Waals surface area contributed by atoms with Crippen LogP contribution in [0.2, 0.25) is 0 Å². The van der Waals surface area contributed by atoms with E-state index in [2.05, 4.69) is 11.9 Å². The van der Waals surface area contributed by atoms with Crippen molar-refractivity contribution >= 4 is 16.0 Å². The summed E-state index contributed by atoms with van der Waals surface area (Å²) in [6.07, 6.45) is 1.03. The lowest BCUT2D eigenvalue weighted by Crippen LogP contribution is -2.43. The van der Waals surface area contributed by atoms with E-state index in [9.17, 15) is 13.2 Å². The maximum atomic E-state index is 10.7. The van der Waals surface area contributed by atoms with Crippen LogP contribution in [-0.2, 0) is 14.9 Å². The largest absolute Gasteiger partial charge is 0.395 e. The predicted molar refractivity (Wildman–Crippen MR) is 74.5 cm³/mol. The summed E-state index contributed by atoms with van der Waals surface area (Å²) in [6, 6.07) is 0. The topological polar surface area (TPSA) is 107 Å². The molecule has 0 bridgehead atoms. The van der Waals surface area contributed by atoms with Crippen LogP contribution in [0.3, 0.4) is 0 Å². The first-order valence-corrected chi connectivity index (χ1v) is 7.05. The summed E-state index contributed by atoms with van der Waals surface area (Å²) < 4.78 is 28.8. The number of carbonyl (C=O) groups is 1. The van der Waals surface area contributed by atoms with E-state index in [-0.39, 0.29) is 13.2 Å². The van der Waals surface area contributed by atoms with Gasteiger partial charge in [-0.1, -0.05) is 6.58 Å². The molecule has 0 heterocycles. The average molecular weight is 296 g/mol. The van der Waals surface area contributed by atoms with Crippen LogP contribution in [0.25, 0.3) is 0 Å². The van der Waals surface area contributed by atoms with Crippen molar-refractivity contribution in [1.29, 1.82) is 0 Å². The second kappa shape index (κ2) is 9.03. The monoisotopic (exact) mass is 296 g/mol. The van der Waals surface area contributed by atoms with Gasteiger partial charge in [-0.05, 0) is 34.0 Å². The van der Waals surface area contributed by atoms with Gasteiger partial charge >= 0.3 is 0 Å². The standard InChI is InChI=1S/C7H13NO4S.C4H11NO/c1-4-6(9)8-5-7(2,3)13(10,11)12;1-5(2)3-4-6/h4H,1,5H2,2-3H3,(H,8,9)(H,10,11,12);6H,3-4H2,1-2H3. The lowest BCUT2D eigenvalue weighted by Gasteiger charge is -2.20. The summed E-state index contributed by atoms with van der Waals surface area (Å²) in [5.41, 5.74) is 0. The van der Waals surface area contributed by atoms with Crippen LogP contribution in [0, 0.1) is 0 Å². The molecule has 0 aliphatic carbocycles. The van der Waals surface area contributed by atoms with Gasteiger partial charge in [0.15, 0.2) is 0 Å². The molecule has 0 radical (unpaired) electrons. The Kier molecular flexibility index (Phi) is 9.67. The van der Waals surface area contributed by atoms with E-state index in [1.807, 2.05) is 19.0 Å². The molecule has 0 unspecified atom stereocenters. The fourth-order valence-electron chi connectivity index (χ4n) is 0.663. The normalized spacial score (nSPS) is 11.5. The summed E-state index contributed by atoms with van der Waals surface area (Å²) >= 11 is 0. The van der Waals surface area contributed by atoms with Gasteiger partial charge in [0.1, 0.15) is 4.75 Å². The molecule has 0 atom stereocenters. The molecule has 0 saturated heterocycles. The molecule has 1 amide bonds. The Morgan fingerprint density at radius 3 is 2.11 bits per heavy atom. The Morgan fingerprint density at radius 1 is 1.42 bits per heavy atom. The van der Waals surface area contributed by atoms with Crippen LogP contribution in [0.15, 0.2) is 12.7 Å². The fraction of sp³-hybridized carbons (Fsp3) is 0.727. The highest BCUT2D eigenvalue weighted by Crippen LogP contribution is 2.12. The molecule has 0 spiro atoms. The van der Waals surface area contributed by atoms with Crippen molar-refractivity contribution < 1.29 is 22.9 Å². The molecule has 8 heteroatoms. The number of rotatable bonds is 6. The van der Waals surface area contributed by atoms with Crippen LogP contribution >= 0.6 is 0 Å². The summed E-state index contributed by atoms with van der Waals surface area (Å²) in [5.74, 6) is -0.475. The van der Waals surface area contributed by atoms with E-state index in [4.69, 9.17) is 9.66 Å². The quantitative estimate of drug-likeness (QED) is 0.450. The summed E-state index contributed by atoms with van der Waals surface area (Å²) in [7, 11) is -0.302. The predicted octanol–water partition coefficient (Wildman–Crippen LogP) is -0.505. The van der Waals surface area contributed by atoms with Crippen molar-refractivity contribution in [3.05, 3.63) is 12.7 Å². The lowest BCUT2D eigenvalue weighted by atomic mass is 10.2. The van der Waals surface area contributed by atoms with E-state index in [1.165, 1.54) is 13.8 Å². The van der Waals surface area contributed by atoms with E-state index >= 15 is 0 Å². The van der Waals surface area contributed by atoms with Gasteiger partial charge in [0.25, 0.3) is 10.1 Å². The van der Waals surface area contributed by atoms with Crippen LogP contribution in [0.4, 0.5) is 0 Å². The highest BCUT2D eigenvalue weighted by Gasteiger charge is 2.32. The zero-order valence-corrected chi connectivity index (χ0v) is 12.7. The van der Waals surface area contributed by atoms with E-state index in [1.54, 1.807) is 0 Å². The third-order valence-electron chi connectivity index (χ3n) is 2.12. The van der Waals surface area contributed by atoms with Crippen molar-refractivity contribution in [3.63, 3.8) is 0 Å². The highest BCUT2D eigenvalue weighted by atomic mass is 32.2. The molecule has 114 valence electrons. The van der Waals surface area contributed by atoms with Gasteiger partial charge in [0.05, 0.1) is 6.61 Å². The maximum Gasteiger partial charge on any atom is 0.271 e. The minimum atomic E-state index is -4.16.